The Hall–Kier alpha value is -2.33. The normalized spacial score (nSPS) is 11.9. The van der Waals surface area contributed by atoms with Gasteiger partial charge < -0.3 is 15.8 Å². The smallest absolute Gasteiger partial charge is 0.239 e. The van der Waals surface area contributed by atoms with Crippen LogP contribution >= 0.6 is 0 Å². The summed E-state index contributed by atoms with van der Waals surface area (Å²) in [6.45, 7) is 2.78. The largest absolute Gasteiger partial charge is 0.457 e. The van der Waals surface area contributed by atoms with Crippen molar-refractivity contribution >= 4 is 5.91 Å². The second-order valence-electron chi connectivity index (χ2n) is 4.78. The van der Waals surface area contributed by atoms with Gasteiger partial charge in [0.2, 0.25) is 5.91 Å². The van der Waals surface area contributed by atoms with Gasteiger partial charge in [-0.05, 0) is 42.8 Å². The fourth-order valence-electron chi connectivity index (χ4n) is 2.05. The lowest BCUT2D eigenvalue weighted by Crippen LogP contribution is -2.34. The van der Waals surface area contributed by atoms with Crippen molar-refractivity contribution in [1.82, 2.24) is 5.32 Å². The Balaban J connectivity index is 2.17. The third kappa shape index (κ3) is 4.33. The summed E-state index contributed by atoms with van der Waals surface area (Å²) in [5.74, 6) is 1.05. The van der Waals surface area contributed by atoms with E-state index in [-0.39, 0.29) is 5.91 Å². The molecule has 0 fully saturated rings. The Morgan fingerprint density at radius 3 is 2.52 bits per heavy atom. The Bertz CT molecular complexity index is 584. The van der Waals surface area contributed by atoms with E-state index in [1.165, 1.54) is 0 Å². The van der Waals surface area contributed by atoms with Crippen molar-refractivity contribution in [2.24, 2.45) is 5.73 Å². The molecule has 2 aromatic rings. The van der Waals surface area contributed by atoms with Crippen LogP contribution in [0.15, 0.2) is 54.6 Å². The number of benzene rings is 2. The van der Waals surface area contributed by atoms with E-state index in [0.717, 1.165) is 24.3 Å². The van der Waals surface area contributed by atoms with Crippen LogP contribution in [0.3, 0.4) is 0 Å². The van der Waals surface area contributed by atoms with Gasteiger partial charge in [-0.15, -0.1) is 0 Å². The highest BCUT2D eigenvalue weighted by molar-refractivity contribution is 5.81. The molecular formula is C17H20N2O2. The van der Waals surface area contributed by atoms with Crippen LogP contribution in [0.25, 0.3) is 0 Å². The van der Waals surface area contributed by atoms with Crippen molar-refractivity contribution in [3.05, 3.63) is 60.2 Å². The molecule has 2 aromatic carbocycles. The first-order valence-corrected chi connectivity index (χ1v) is 7.06. The molecule has 0 spiro atoms. The van der Waals surface area contributed by atoms with Crippen LogP contribution in [-0.4, -0.2) is 12.5 Å². The third-order valence-corrected chi connectivity index (χ3v) is 3.05. The Labute approximate surface area is 124 Å². The van der Waals surface area contributed by atoms with Crippen molar-refractivity contribution in [2.75, 3.05) is 6.54 Å². The van der Waals surface area contributed by atoms with Gasteiger partial charge in [-0.1, -0.05) is 37.3 Å². The minimum absolute atomic E-state index is 0.389. The van der Waals surface area contributed by atoms with Gasteiger partial charge in [0.15, 0.2) is 0 Å². The molecule has 0 aliphatic heterocycles. The van der Waals surface area contributed by atoms with Crippen LogP contribution in [0.5, 0.6) is 11.5 Å². The van der Waals surface area contributed by atoms with E-state index in [1.54, 1.807) is 0 Å². The van der Waals surface area contributed by atoms with Crippen LogP contribution in [0, 0.1) is 0 Å². The number of carbonyl (C=O) groups is 1. The zero-order valence-corrected chi connectivity index (χ0v) is 12.1. The Morgan fingerprint density at radius 1 is 1.14 bits per heavy atom. The van der Waals surface area contributed by atoms with E-state index in [4.69, 9.17) is 10.5 Å². The molecule has 4 heteroatoms. The highest BCUT2D eigenvalue weighted by atomic mass is 16.5. The summed E-state index contributed by atoms with van der Waals surface area (Å²) in [6, 6.07) is 16.4. The highest BCUT2D eigenvalue weighted by Gasteiger charge is 2.17. The summed E-state index contributed by atoms with van der Waals surface area (Å²) in [4.78, 5) is 11.6. The van der Waals surface area contributed by atoms with Crippen molar-refractivity contribution in [3.63, 3.8) is 0 Å². The maximum Gasteiger partial charge on any atom is 0.239 e. The van der Waals surface area contributed by atoms with Gasteiger partial charge in [-0.3, -0.25) is 4.79 Å². The number of rotatable bonds is 7. The van der Waals surface area contributed by atoms with Crippen molar-refractivity contribution in [3.8, 4) is 11.5 Å². The van der Waals surface area contributed by atoms with Gasteiger partial charge in [0.25, 0.3) is 0 Å². The standard InChI is InChI=1S/C17H20N2O2/c1-2-11-19-16(17(18)20)13-7-6-10-15(12-13)21-14-8-4-3-5-9-14/h3-10,12,16,19H,2,11H2,1H3,(H2,18,20). The molecular weight excluding hydrogens is 264 g/mol. The first-order chi connectivity index (χ1) is 10.2. The van der Waals surface area contributed by atoms with Crippen LogP contribution in [-0.2, 0) is 4.79 Å². The molecule has 21 heavy (non-hydrogen) atoms. The van der Waals surface area contributed by atoms with E-state index in [1.807, 2.05) is 61.5 Å². The maximum atomic E-state index is 11.6. The molecule has 0 aliphatic rings. The predicted octanol–water partition coefficient (Wildman–Crippen LogP) is 3.00. The summed E-state index contributed by atoms with van der Waals surface area (Å²) >= 11 is 0. The average molecular weight is 284 g/mol. The van der Waals surface area contributed by atoms with Gasteiger partial charge in [0.1, 0.15) is 17.5 Å². The number of hydrogen-bond donors (Lipinski definition) is 2. The lowest BCUT2D eigenvalue weighted by atomic mass is 10.1. The molecule has 0 saturated heterocycles. The fourth-order valence-corrected chi connectivity index (χ4v) is 2.05. The first-order valence-electron chi connectivity index (χ1n) is 7.06. The van der Waals surface area contributed by atoms with Gasteiger partial charge in [0, 0.05) is 0 Å². The number of amides is 1. The third-order valence-electron chi connectivity index (χ3n) is 3.05. The predicted molar refractivity (Wildman–Crippen MR) is 83.2 cm³/mol. The molecule has 0 heterocycles. The number of nitrogens with one attached hydrogen (secondary N) is 1. The molecule has 1 atom stereocenters. The van der Waals surface area contributed by atoms with Gasteiger partial charge in [0.05, 0.1) is 0 Å². The molecule has 0 radical (unpaired) electrons. The number of nitrogens with two attached hydrogens (primary N) is 1. The monoisotopic (exact) mass is 284 g/mol. The van der Waals surface area contributed by atoms with E-state index in [2.05, 4.69) is 5.32 Å². The van der Waals surface area contributed by atoms with Crippen molar-refractivity contribution in [2.45, 2.75) is 19.4 Å². The van der Waals surface area contributed by atoms with Gasteiger partial charge in [-0.25, -0.2) is 0 Å². The molecule has 3 N–H and O–H groups in total. The average Bonchev–Trinajstić information content (AvgIpc) is 2.49. The Kier molecular flexibility index (Phi) is 5.35. The fraction of sp³-hybridized carbons (Fsp3) is 0.235. The lowest BCUT2D eigenvalue weighted by Gasteiger charge is -2.16. The molecule has 0 aliphatic carbocycles. The summed E-state index contributed by atoms with van der Waals surface area (Å²) in [7, 11) is 0. The van der Waals surface area contributed by atoms with E-state index in [9.17, 15) is 4.79 Å². The van der Waals surface area contributed by atoms with Crippen LogP contribution in [0.4, 0.5) is 0 Å². The minimum Gasteiger partial charge on any atom is -0.457 e. The number of carbonyl (C=O) groups excluding carboxylic acids is 1. The number of para-hydroxylation sites is 1. The molecule has 1 unspecified atom stereocenters. The quantitative estimate of drug-likeness (QED) is 0.821. The summed E-state index contributed by atoms with van der Waals surface area (Å²) in [6.07, 6.45) is 0.935. The van der Waals surface area contributed by atoms with Crippen LogP contribution in [0.1, 0.15) is 24.9 Å². The number of ether oxygens (including phenoxy) is 1. The Morgan fingerprint density at radius 2 is 1.86 bits per heavy atom. The lowest BCUT2D eigenvalue weighted by molar-refractivity contribution is -0.120. The van der Waals surface area contributed by atoms with Gasteiger partial charge >= 0.3 is 0 Å². The summed E-state index contributed by atoms with van der Waals surface area (Å²) in [5, 5.41) is 3.15. The molecule has 0 aromatic heterocycles. The number of primary amides is 1. The second-order valence-corrected chi connectivity index (χ2v) is 4.78. The van der Waals surface area contributed by atoms with E-state index in [0.29, 0.717) is 5.75 Å². The van der Waals surface area contributed by atoms with Crippen LogP contribution in [0.2, 0.25) is 0 Å². The van der Waals surface area contributed by atoms with E-state index < -0.39 is 6.04 Å². The zero-order chi connectivity index (χ0) is 15.1. The SMILES string of the molecule is CCCNC(C(N)=O)c1cccc(Oc2ccccc2)c1. The first kappa shape index (κ1) is 15.1. The molecule has 110 valence electrons. The van der Waals surface area contributed by atoms with Crippen LogP contribution < -0.4 is 15.8 Å². The summed E-state index contributed by atoms with van der Waals surface area (Å²) in [5.41, 5.74) is 6.28. The maximum absolute atomic E-state index is 11.6. The number of hydrogen-bond acceptors (Lipinski definition) is 3. The van der Waals surface area contributed by atoms with E-state index >= 15 is 0 Å². The summed E-state index contributed by atoms with van der Waals surface area (Å²) < 4.78 is 5.77. The molecule has 1 amide bonds. The van der Waals surface area contributed by atoms with Gasteiger partial charge in [-0.2, -0.15) is 0 Å². The second kappa shape index (κ2) is 7.45. The molecule has 0 bridgehead atoms. The highest BCUT2D eigenvalue weighted by Crippen LogP contribution is 2.24. The zero-order valence-electron chi connectivity index (χ0n) is 12.1. The molecule has 0 saturated carbocycles. The molecule has 4 nitrogen and oxygen atoms in total. The van der Waals surface area contributed by atoms with Crippen molar-refractivity contribution in [1.29, 1.82) is 0 Å². The minimum atomic E-state index is -0.496. The van der Waals surface area contributed by atoms with Crippen molar-refractivity contribution < 1.29 is 9.53 Å². The topological polar surface area (TPSA) is 64.3 Å². The molecule has 2 rings (SSSR count).